The van der Waals surface area contributed by atoms with Gasteiger partial charge < -0.3 is 4.98 Å². The monoisotopic (exact) mass is 270 g/mol. The summed E-state index contributed by atoms with van der Waals surface area (Å²) < 4.78 is 0. The topological polar surface area (TPSA) is 45.8 Å². The molecule has 3 nitrogen and oxygen atoms in total. The van der Waals surface area contributed by atoms with E-state index in [0.717, 1.165) is 29.5 Å². The zero-order valence-electron chi connectivity index (χ0n) is 9.97. The number of thiophene rings is 1. The van der Waals surface area contributed by atoms with Crippen LogP contribution in [0.4, 0.5) is 0 Å². The minimum absolute atomic E-state index is 0.0509. The summed E-state index contributed by atoms with van der Waals surface area (Å²) in [7, 11) is 0. The second-order valence-electron chi connectivity index (χ2n) is 3.93. The third-order valence-electron chi connectivity index (χ3n) is 2.74. The molecule has 2 rings (SSSR count). The number of H-pyrrole nitrogens is 1. The summed E-state index contributed by atoms with van der Waals surface area (Å²) in [5, 5.41) is 0.766. The van der Waals surface area contributed by atoms with Crippen LogP contribution in [-0.2, 0) is 18.7 Å². The molecule has 2 aromatic heterocycles. The quantitative estimate of drug-likeness (QED) is 0.867. The summed E-state index contributed by atoms with van der Waals surface area (Å²) in [4.78, 5) is 21.3. The predicted octanol–water partition coefficient (Wildman–Crippen LogP) is 3.24. The molecule has 0 radical (unpaired) electrons. The lowest BCUT2D eigenvalue weighted by atomic mass is 10.1. The zero-order chi connectivity index (χ0) is 12.4. The molecule has 2 aromatic rings. The summed E-state index contributed by atoms with van der Waals surface area (Å²) >= 11 is 7.33. The summed E-state index contributed by atoms with van der Waals surface area (Å²) in [6.07, 6.45) is 2.93. The molecule has 0 saturated heterocycles. The number of alkyl halides is 1. The number of aryl methyl sites for hydroxylation is 2. The van der Waals surface area contributed by atoms with E-state index in [0.29, 0.717) is 5.82 Å². The lowest BCUT2D eigenvalue weighted by Gasteiger charge is -1.99. The molecule has 0 spiro atoms. The average Bonchev–Trinajstić information content (AvgIpc) is 2.68. The van der Waals surface area contributed by atoms with Crippen molar-refractivity contribution < 1.29 is 0 Å². The molecular weight excluding hydrogens is 256 g/mol. The normalized spacial score (nSPS) is 11.2. The zero-order valence-corrected chi connectivity index (χ0v) is 11.5. The van der Waals surface area contributed by atoms with Crippen LogP contribution in [0.3, 0.4) is 0 Å². The molecule has 5 heteroatoms. The van der Waals surface area contributed by atoms with Gasteiger partial charge in [0.25, 0.3) is 5.56 Å². The van der Waals surface area contributed by atoms with E-state index in [1.165, 1.54) is 10.4 Å². The number of rotatable bonds is 4. The fraction of sp³-hybridized carbons (Fsp3) is 0.500. The Morgan fingerprint density at radius 3 is 2.76 bits per heavy atom. The minimum Gasteiger partial charge on any atom is -0.309 e. The van der Waals surface area contributed by atoms with Crippen molar-refractivity contribution in [2.75, 3.05) is 0 Å². The van der Waals surface area contributed by atoms with E-state index in [9.17, 15) is 4.79 Å². The van der Waals surface area contributed by atoms with Gasteiger partial charge in [-0.3, -0.25) is 4.79 Å². The van der Waals surface area contributed by atoms with E-state index < -0.39 is 0 Å². The molecule has 0 unspecified atom stereocenters. The summed E-state index contributed by atoms with van der Waals surface area (Å²) in [5.74, 6) is 0.796. The van der Waals surface area contributed by atoms with Crippen LogP contribution >= 0.6 is 22.9 Å². The van der Waals surface area contributed by atoms with Crippen molar-refractivity contribution in [1.29, 1.82) is 0 Å². The largest absolute Gasteiger partial charge is 0.309 e. The second kappa shape index (κ2) is 5.19. The van der Waals surface area contributed by atoms with Gasteiger partial charge in [-0.15, -0.1) is 22.9 Å². The Balaban J connectivity index is 2.74. The van der Waals surface area contributed by atoms with Crippen molar-refractivity contribution in [2.45, 2.75) is 39.0 Å². The van der Waals surface area contributed by atoms with Gasteiger partial charge in [0.1, 0.15) is 10.7 Å². The Morgan fingerprint density at radius 1 is 1.41 bits per heavy atom. The highest BCUT2D eigenvalue weighted by atomic mass is 35.5. The highest BCUT2D eigenvalue weighted by molar-refractivity contribution is 7.18. The molecule has 0 aromatic carbocycles. The van der Waals surface area contributed by atoms with Crippen molar-refractivity contribution in [1.82, 2.24) is 9.97 Å². The van der Waals surface area contributed by atoms with Crippen molar-refractivity contribution in [3.8, 4) is 0 Å². The maximum Gasteiger partial charge on any atom is 0.259 e. The Labute approximate surface area is 109 Å². The fourth-order valence-electron chi connectivity index (χ4n) is 2.02. The Bertz CT molecular complexity index is 588. The molecule has 0 aliphatic carbocycles. The molecule has 17 heavy (non-hydrogen) atoms. The highest BCUT2D eigenvalue weighted by Crippen LogP contribution is 2.29. The molecule has 2 heterocycles. The maximum atomic E-state index is 12.0. The lowest BCUT2D eigenvalue weighted by molar-refractivity contribution is 0.914. The van der Waals surface area contributed by atoms with Gasteiger partial charge in [0.15, 0.2) is 0 Å². The van der Waals surface area contributed by atoms with Crippen LogP contribution in [0.5, 0.6) is 0 Å². The van der Waals surface area contributed by atoms with Crippen molar-refractivity contribution in [2.24, 2.45) is 0 Å². The van der Waals surface area contributed by atoms with E-state index in [1.54, 1.807) is 11.3 Å². The van der Waals surface area contributed by atoms with Crippen molar-refractivity contribution in [3.63, 3.8) is 0 Å². The SMILES string of the molecule is CCCc1c(CC)sc2nc(CCl)[nH]c(=O)c12. The average molecular weight is 271 g/mol. The second-order valence-corrected chi connectivity index (χ2v) is 5.28. The van der Waals surface area contributed by atoms with Gasteiger partial charge in [-0.2, -0.15) is 0 Å². The van der Waals surface area contributed by atoms with Crippen LogP contribution in [0.15, 0.2) is 4.79 Å². The molecule has 92 valence electrons. The van der Waals surface area contributed by atoms with Crippen LogP contribution < -0.4 is 5.56 Å². The lowest BCUT2D eigenvalue weighted by Crippen LogP contribution is -2.11. The molecule has 1 N–H and O–H groups in total. The van der Waals surface area contributed by atoms with Crippen LogP contribution in [0, 0.1) is 0 Å². The van der Waals surface area contributed by atoms with Gasteiger partial charge in [0, 0.05) is 4.88 Å². The summed E-state index contributed by atoms with van der Waals surface area (Å²) in [6, 6.07) is 0. The maximum absolute atomic E-state index is 12.0. The van der Waals surface area contributed by atoms with Crippen LogP contribution in [-0.4, -0.2) is 9.97 Å². The van der Waals surface area contributed by atoms with Gasteiger partial charge in [-0.05, 0) is 18.4 Å². The van der Waals surface area contributed by atoms with Gasteiger partial charge in [-0.1, -0.05) is 20.3 Å². The fourth-order valence-corrected chi connectivity index (χ4v) is 3.32. The van der Waals surface area contributed by atoms with Crippen LogP contribution in [0.1, 0.15) is 36.5 Å². The number of hydrogen-bond acceptors (Lipinski definition) is 3. The van der Waals surface area contributed by atoms with Gasteiger partial charge >= 0.3 is 0 Å². The standard InChI is InChI=1S/C12H15ClN2OS/c1-3-5-7-8(4-2)17-12-10(7)11(16)14-9(6-13)15-12/h3-6H2,1-2H3,(H,14,15,16). The number of nitrogens with zero attached hydrogens (tertiary/aromatic N) is 1. The van der Waals surface area contributed by atoms with E-state index in [4.69, 9.17) is 11.6 Å². The Kier molecular flexibility index (Phi) is 3.84. The molecule has 0 saturated carbocycles. The molecular formula is C12H15ClN2OS. The first-order valence-electron chi connectivity index (χ1n) is 5.80. The van der Waals surface area contributed by atoms with Crippen molar-refractivity contribution in [3.05, 3.63) is 26.6 Å². The van der Waals surface area contributed by atoms with E-state index in [2.05, 4.69) is 23.8 Å². The first-order chi connectivity index (χ1) is 8.21. The predicted molar refractivity (Wildman–Crippen MR) is 73.2 cm³/mol. The number of halogens is 1. The number of aromatic nitrogens is 2. The Morgan fingerprint density at radius 2 is 2.18 bits per heavy atom. The van der Waals surface area contributed by atoms with Crippen molar-refractivity contribution >= 4 is 33.2 Å². The molecule has 0 aliphatic heterocycles. The Hall–Kier alpha value is -0.870. The summed E-state index contributed by atoms with van der Waals surface area (Å²) in [6.45, 7) is 4.23. The smallest absolute Gasteiger partial charge is 0.259 e. The number of aromatic amines is 1. The highest BCUT2D eigenvalue weighted by Gasteiger charge is 2.15. The van der Waals surface area contributed by atoms with Crippen LogP contribution in [0.25, 0.3) is 10.2 Å². The summed E-state index contributed by atoms with van der Waals surface area (Å²) in [5.41, 5.74) is 1.12. The molecule has 0 amide bonds. The first kappa shape index (κ1) is 12.6. The molecule has 0 bridgehead atoms. The van der Waals surface area contributed by atoms with E-state index in [1.807, 2.05) is 0 Å². The molecule has 0 atom stereocenters. The first-order valence-corrected chi connectivity index (χ1v) is 7.15. The number of fused-ring (bicyclic) bond motifs is 1. The number of nitrogens with one attached hydrogen (secondary N) is 1. The van der Waals surface area contributed by atoms with Gasteiger partial charge in [0.05, 0.1) is 11.3 Å². The molecule has 0 aliphatic rings. The van der Waals surface area contributed by atoms with E-state index >= 15 is 0 Å². The van der Waals surface area contributed by atoms with Gasteiger partial charge in [0.2, 0.25) is 0 Å². The third kappa shape index (κ3) is 2.24. The molecule has 0 fully saturated rings. The third-order valence-corrected chi connectivity index (χ3v) is 4.26. The van der Waals surface area contributed by atoms with Crippen LogP contribution in [0.2, 0.25) is 0 Å². The van der Waals surface area contributed by atoms with E-state index in [-0.39, 0.29) is 11.4 Å². The number of hydrogen-bond donors (Lipinski definition) is 1. The minimum atomic E-state index is -0.0509. The van der Waals surface area contributed by atoms with Gasteiger partial charge in [-0.25, -0.2) is 4.98 Å².